The molecule has 2 fully saturated rings. The van der Waals surface area contributed by atoms with Gasteiger partial charge in [0.1, 0.15) is 0 Å². The van der Waals surface area contributed by atoms with Crippen molar-refractivity contribution in [2.24, 2.45) is 0 Å². The number of hydrogen-bond acceptors (Lipinski definition) is 0. The van der Waals surface area contributed by atoms with Gasteiger partial charge in [0.25, 0.3) is 0 Å². The minimum atomic E-state index is -1.26. The Hall–Kier alpha value is 0.600. The van der Waals surface area contributed by atoms with Gasteiger partial charge in [-0.1, -0.05) is 13.8 Å². The molecule has 0 aromatic rings. The SMILES string of the molecule is C=C(C[P+]1([CH2-])[C@@H](C)CCC[C@@H]1C)[P+]1([CH2-])[C@@H](C)CCC[C@@H]1C. The van der Waals surface area contributed by atoms with Crippen LogP contribution in [-0.4, -0.2) is 28.8 Å². The quantitative estimate of drug-likeness (QED) is 0.385. The second-order valence-corrected chi connectivity index (χ2v) is 16.6. The Balaban J connectivity index is 2.19. The van der Waals surface area contributed by atoms with Gasteiger partial charge in [0.2, 0.25) is 0 Å². The van der Waals surface area contributed by atoms with Crippen LogP contribution in [0.25, 0.3) is 0 Å². The Morgan fingerprint density at radius 1 is 0.857 bits per heavy atom. The highest BCUT2D eigenvalue weighted by molar-refractivity contribution is 7.85. The molecule has 2 heterocycles. The lowest BCUT2D eigenvalue weighted by Gasteiger charge is -2.50. The molecule has 4 atom stereocenters. The van der Waals surface area contributed by atoms with Crippen LogP contribution in [0.5, 0.6) is 0 Å². The zero-order valence-electron chi connectivity index (χ0n) is 14.8. The van der Waals surface area contributed by atoms with Crippen molar-refractivity contribution in [2.75, 3.05) is 6.16 Å². The molecule has 0 saturated carbocycles. The molecule has 0 aromatic carbocycles. The molecule has 0 aliphatic carbocycles. The van der Waals surface area contributed by atoms with Crippen LogP contribution in [0.15, 0.2) is 11.9 Å². The summed E-state index contributed by atoms with van der Waals surface area (Å²) in [6, 6.07) is 0. The van der Waals surface area contributed by atoms with Gasteiger partial charge in [-0.3, -0.25) is 0 Å². The predicted molar refractivity (Wildman–Crippen MR) is 104 cm³/mol. The van der Waals surface area contributed by atoms with Crippen LogP contribution in [0, 0.1) is 13.3 Å². The number of hydrogen-bond donors (Lipinski definition) is 0. The van der Waals surface area contributed by atoms with E-state index >= 15 is 0 Å². The average Bonchev–Trinajstić information content (AvgIpc) is 2.42. The van der Waals surface area contributed by atoms with Gasteiger partial charge in [-0.25, -0.2) is 0 Å². The maximum Gasteiger partial charge on any atom is 0.0866 e. The van der Waals surface area contributed by atoms with E-state index in [1.165, 1.54) is 44.7 Å². The van der Waals surface area contributed by atoms with E-state index < -0.39 is 14.5 Å². The first kappa shape index (κ1) is 17.9. The summed E-state index contributed by atoms with van der Waals surface area (Å²) < 4.78 is 0. The number of allylic oxidation sites excluding steroid dienone is 1. The van der Waals surface area contributed by atoms with E-state index in [9.17, 15) is 0 Å². The highest BCUT2D eigenvalue weighted by Gasteiger charge is 2.48. The van der Waals surface area contributed by atoms with Gasteiger partial charge < -0.3 is 0 Å². The molecule has 0 spiro atoms. The van der Waals surface area contributed by atoms with Crippen LogP contribution < -0.4 is 0 Å². The maximum absolute atomic E-state index is 4.85. The molecule has 2 aliphatic rings. The summed E-state index contributed by atoms with van der Waals surface area (Å²) in [6.07, 6.45) is 9.56. The molecule has 2 rings (SSSR count). The van der Waals surface area contributed by atoms with Gasteiger partial charge in [-0.05, 0) is 66.2 Å². The van der Waals surface area contributed by atoms with Gasteiger partial charge in [-0.15, -0.1) is 7.26 Å². The van der Waals surface area contributed by atoms with E-state index in [4.69, 9.17) is 13.3 Å². The van der Waals surface area contributed by atoms with Crippen LogP contribution >= 0.6 is 14.5 Å². The Morgan fingerprint density at radius 3 is 1.67 bits per heavy atom. The standard InChI is InChI=1S/C19H36P2/c1-15-10-8-11-16(2)20(15,6)14-19(5)21(7)17(3)12-9-13-18(21)4/h15-18H,5-14H2,1-4H3/t15-,16-,17-,18-/m0/s1. The molecular weight excluding hydrogens is 290 g/mol. The van der Waals surface area contributed by atoms with Crippen molar-refractivity contribution in [1.29, 1.82) is 0 Å². The van der Waals surface area contributed by atoms with Crippen LogP contribution in [0.2, 0.25) is 0 Å². The predicted octanol–water partition coefficient (Wildman–Crippen LogP) is 7.04. The first-order valence-corrected chi connectivity index (χ1v) is 13.3. The summed E-state index contributed by atoms with van der Waals surface area (Å²) in [5.74, 6) is 0. The van der Waals surface area contributed by atoms with Crippen molar-refractivity contribution >= 4 is 14.5 Å². The van der Waals surface area contributed by atoms with Crippen molar-refractivity contribution in [3.63, 3.8) is 0 Å². The van der Waals surface area contributed by atoms with E-state index in [1.54, 1.807) is 5.31 Å². The van der Waals surface area contributed by atoms with E-state index in [0.29, 0.717) is 0 Å². The molecule has 2 saturated heterocycles. The summed E-state index contributed by atoms with van der Waals surface area (Å²) in [6.45, 7) is 24.1. The van der Waals surface area contributed by atoms with Crippen molar-refractivity contribution in [1.82, 2.24) is 0 Å². The fourth-order valence-electron chi connectivity index (χ4n) is 4.67. The van der Waals surface area contributed by atoms with E-state index in [1.807, 2.05) is 0 Å². The number of rotatable bonds is 3. The molecule has 0 unspecified atom stereocenters. The molecule has 2 aliphatic heterocycles. The fraction of sp³-hybridized carbons (Fsp3) is 0.789. The topological polar surface area (TPSA) is 0 Å². The molecule has 2 heteroatoms. The lowest BCUT2D eigenvalue weighted by molar-refractivity contribution is 0.615. The highest BCUT2D eigenvalue weighted by Crippen LogP contribution is 2.80. The molecule has 0 radical (unpaired) electrons. The Labute approximate surface area is 135 Å². The van der Waals surface area contributed by atoms with Gasteiger partial charge in [0.15, 0.2) is 0 Å². The van der Waals surface area contributed by atoms with Crippen LogP contribution in [0.4, 0.5) is 0 Å². The Bertz CT molecular complexity index is 367. The molecule has 0 N–H and O–H groups in total. The minimum Gasteiger partial charge on any atom is -0.179 e. The Morgan fingerprint density at radius 2 is 1.24 bits per heavy atom. The summed E-state index contributed by atoms with van der Waals surface area (Å²) >= 11 is 0. The second-order valence-electron chi connectivity index (χ2n) is 8.02. The third-order valence-corrected chi connectivity index (χ3v) is 17.1. The summed E-state index contributed by atoms with van der Waals surface area (Å²) in [4.78, 5) is 0. The second kappa shape index (κ2) is 6.61. The molecular formula is C19H36P2. The van der Waals surface area contributed by atoms with Crippen LogP contribution in [0.3, 0.4) is 0 Å². The smallest absolute Gasteiger partial charge is 0.0866 e. The molecule has 21 heavy (non-hydrogen) atoms. The lowest BCUT2D eigenvalue weighted by atomic mass is 10.1. The van der Waals surface area contributed by atoms with Crippen LogP contribution in [0.1, 0.15) is 66.2 Å². The van der Waals surface area contributed by atoms with Gasteiger partial charge in [0, 0.05) is 22.6 Å². The van der Waals surface area contributed by atoms with Gasteiger partial charge in [-0.2, -0.15) is 13.3 Å². The van der Waals surface area contributed by atoms with Crippen molar-refractivity contribution < 1.29 is 0 Å². The average molecular weight is 326 g/mol. The largest absolute Gasteiger partial charge is 0.179 e. The van der Waals surface area contributed by atoms with E-state index in [-0.39, 0.29) is 0 Å². The normalized spacial score (nSPS) is 39.0. The Kier molecular flexibility index (Phi) is 5.65. The van der Waals surface area contributed by atoms with E-state index in [0.717, 1.165) is 22.6 Å². The summed E-state index contributed by atoms with van der Waals surface area (Å²) in [5, 5.41) is 1.55. The zero-order chi connectivity index (χ0) is 15.8. The zero-order valence-corrected chi connectivity index (χ0v) is 16.6. The van der Waals surface area contributed by atoms with Gasteiger partial charge in [0.05, 0.1) is 11.5 Å². The maximum atomic E-state index is 4.85. The van der Waals surface area contributed by atoms with E-state index in [2.05, 4.69) is 34.3 Å². The first-order valence-electron chi connectivity index (χ1n) is 8.85. The molecule has 122 valence electrons. The lowest BCUT2D eigenvalue weighted by Crippen LogP contribution is -2.29. The first-order chi connectivity index (χ1) is 9.72. The summed E-state index contributed by atoms with van der Waals surface area (Å²) in [5.41, 5.74) is 3.24. The fourth-order valence-corrected chi connectivity index (χ4v) is 13.5. The molecule has 0 amide bonds. The van der Waals surface area contributed by atoms with Crippen molar-refractivity contribution in [3.8, 4) is 0 Å². The summed E-state index contributed by atoms with van der Waals surface area (Å²) in [7, 11) is -2.38. The molecule has 0 bridgehead atoms. The highest BCUT2D eigenvalue weighted by atomic mass is 31.2. The molecule has 0 nitrogen and oxygen atoms in total. The van der Waals surface area contributed by atoms with Crippen molar-refractivity contribution in [2.45, 2.75) is 88.9 Å². The third-order valence-electron chi connectivity index (χ3n) is 6.88. The van der Waals surface area contributed by atoms with Crippen LogP contribution in [-0.2, 0) is 0 Å². The van der Waals surface area contributed by atoms with Crippen molar-refractivity contribution in [3.05, 3.63) is 25.2 Å². The molecule has 0 aromatic heterocycles. The van der Waals surface area contributed by atoms with Gasteiger partial charge >= 0.3 is 0 Å². The minimum absolute atomic E-state index is 0.788. The monoisotopic (exact) mass is 326 g/mol. The third kappa shape index (κ3) is 3.15.